The minimum Gasteiger partial charge on any atom is -0.339 e. The van der Waals surface area contributed by atoms with Crippen LogP contribution in [0.25, 0.3) is 0 Å². The summed E-state index contributed by atoms with van der Waals surface area (Å²) in [6.45, 7) is 0. The lowest BCUT2D eigenvalue weighted by atomic mass is 10.2. The van der Waals surface area contributed by atoms with Crippen LogP contribution in [0.1, 0.15) is 5.56 Å². The Morgan fingerprint density at radius 3 is 2.45 bits per heavy atom. The molecule has 0 fully saturated rings. The van der Waals surface area contributed by atoms with Crippen LogP contribution in [0.5, 0.6) is 0 Å². The average Bonchev–Trinajstić information content (AvgIpc) is 2.46. The fourth-order valence-corrected chi connectivity index (χ4v) is 2.30. The predicted octanol–water partition coefficient (Wildman–Crippen LogP) is 3.84. The van der Waals surface area contributed by atoms with Crippen molar-refractivity contribution < 1.29 is 4.92 Å². The molecule has 0 aromatic heterocycles. The Hall–Kier alpha value is -2.14. The van der Waals surface area contributed by atoms with Crippen LogP contribution in [0.3, 0.4) is 0 Å². The number of rotatable bonds is 3. The summed E-state index contributed by atoms with van der Waals surface area (Å²) in [5.41, 5.74) is 1.91. The van der Waals surface area contributed by atoms with Gasteiger partial charge in [-0.2, -0.15) is 5.26 Å². The highest BCUT2D eigenvalue weighted by molar-refractivity contribution is 14.1. The van der Waals surface area contributed by atoms with Crippen LogP contribution < -0.4 is 4.90 Å². The van der Waals surface area contributed by atoms with Crippen molar-refractivity contribution in [2.24, 2.45) is 0 Å². The van der Waals surface area contributed by atoms with Gasteiger partial charge in [-0.3, -0.25) is 10.1 Å². The van der Waals surface area contributed by atoms with E-state index in [2.05, 4.69) is 0 Å². The average molecular weight is 379 g/mol. The van der Waals surface area contributed by atoms with Crippen LogP contribution >= 0.6 is 22.6 Å². The molecule has 0 bridgehead atoms. The first-order chi connectivity index (χ1) is 9.52. The molecule has 0 amide bonds. The second-order valence-corrected chi connectivity index (χ2v) is 5.35. The van der Waals surface area contributed by atoms with E-state index in [1.54, 1.807) is 42.3 Å². The second kappa shape index (κ2) is 5.88. The highest BCUT2D eigenvalue weighted by Gasteiger charge is 2.18. The molecule has 0 aliphatic rings. The number of anilines is 2. The minimum atomic E-state index is -0.391. The van der Waals surface area contributed by atoms with Crippen LogP contribution in [-0.2, 0) is 0 Å². The van der Waals surface area contributed by atoms with E-state index in [4.69, 9.17) is 5.26 Å². The van der Waals surface area contributed by atoms with Gasteiger partial charge in [0.05, 0.1) is 16.6 Å². The van der Waals surface area contributed by atoms with Crippen molar-refractivity contribution in [3.8, 4) is 6.07 Å². The monoisotopic (exact) mass is 379 g/mol. The van der Waals surface area contributed by atoms with Crippen molar-refractivity contribution in [1.29, 1.82) is 5.26 Å². The van der Waals surface area contributed by atoms with E-state index >= 15 is 0 Å². The summed E-state index contributed by atoms with van der Waals surface area (Å²) >= 11 is 2.04. The maximum atomic E-state index is 11.1. The number of benzene rings is 2. The zero-order valence-corrected chi connectivity index (χ0v) is 12.7. The fourth-order valence-electron chi connectivity index (χ4n) is 1.83. The van der Waals surface area contributed by atoms with Crippen molar-refractivity contribution in [3.63, 3.8) is 0 Å². The van der Waals surface area contributed by atoms with Gasteiger partial charge in [-0.05, 0) is 59.0 Å². The molecule has 0 saturated heterocycles. The molecule has 0 aliphatic carbocycles. The molecule has 0 heterocycles. The summed E-state index contributed by atoms with van der Waals surface area (Å²) < 4.78 is 0.811. The van der Waals surface area contributed by atoms with Gasteiger partial charge in [0, 0.05) is 22.4 Å². The van der Waals surface area contributed by atoms with Crippen molar-refractivity contribution in [2.45, 2.75) is 0 Å². The lowest BCUT2D eigenvalue weighted by Crippen LogP contribution is -2.11. The quantitative estimate of drug-likeness (QED) is 0.462. The Morgan fingerprint density at radius 2 is 1.90 bits per heavy atom. The van der Waals surface area contributed by atoms with Gasteiger partial charge in [-0.1, -0.05) is 0 Å². The molecule has 0 N–H and O–H groups in total. The third-order valence-corrected chi connectivity index (χ3v) is 3.55. The second-order valence-electron chi connectivity index (χ2n) is 4.11. The van der Waals surface area contributed by atoms with Gasteiger partial charge in [0.25, 0.3) is 5.69 Å². The number of nitrogens with zero attached hydrogens (tertiary/aromatic N) is 3. The zero-order chi connectivity index (χ0) is 14.7. The molecular weight excluding hydrogens is 369 g/mol. The molecule has 0 aliphatic heterocycles. The normalized spacial score (nSPS) is 9.85. The first kappa shape index (κ1) is 14.3. The van der Waals surface area contributed by atoms with E-state index < -0.39 is 4.92 Å². The van der Waals surface area contributed by atoms with Gasteiger partial charge < -0.3 is 4.90 Å². The largest absolute Gasteiger partial charge is 0.339 e. The number of hydrogen-bond acceptors (Lipinski definition) is 4. The van der Waals surface area contributed by atoms with Gasteiger partial charge in [-0.25, -0.2) is 0 Å². The molecule has 2 aromatic rings. The fraction of sp³-hybridized carbons (Fsp3) is 0.0714. The Morgan fingerprint density at radius 1 is 1.25 bits per heavy atom. The summed E-state index contributed by atoms with van der Waals surface area (Å²) in [5, 5.41) is 19.9. The highest BCUT2D eigenvalue weighted by atomic mass is 127. The van der Waals surface area contributed by atoms with E-state index in [9.17, 15) is 10.1 Å². The SMILES string of the molecule is CN(c1ccc(C#N)cc1)c1ccc(I)cc1[N+](=O)[O-]. The Kier molecular flexibility index (Phi) is 4.20. The Labute approximate surface area is 129 Å². The van der Waals surface area contributed by atoms with Crippen LogP contribution in [0.15, 0.2) is 42.5 Å². The third-order valence-electron chi connectivity index (χ3n) is 2.88. The smallest absolute Gasteiger partial charge is 0.293 e. The lowest BCUT2D eigenvalue weighted by Gasteiger charge is -2.19. The molecule has 0 atom stereocenters. The predicted molar refractivity (Wildman–Crippen MR) is 85.0 cm³/mol. The van der Waals surface area contributed by atoms with Crippen molar-refractivity contribution in [2.75, 3.05) is 11.9 Å². The molecular formula is C14H10IN3O2. The van der Waals surface area contributed by atoms with Gasteiger partial charge in [0.1, 0.15) is 5.69 Å². The summed E-state index contributed by atoms with van der Waals surface area (Å²) in [7, 11) is 1.76. The zero-order valence-electron chi connectivity index (χ0n) is 10.6. The number of nitriles is 1. The van der Waals surface area contributed by atoms with E-state index in [0.29, 0.717) is 11.3 Å². The molecule has 2 rings (SSSR count). The number of halogens is 1. The molecule has 5 nitrogen and oxygen atoms in total. The number of hydrogen-bond donors (Lipinski definition) is 0. The Balaban J connectivity index is 2.44. The molecule has 0 spiro atoms. The first-order valence-electron chi connectivity index (χ1n) is 5.71. The molecule has 0 saturated carbocycles. The van der Waals surface area contributed by atoms with Gasteiger partial charge in [0.15, 0.2) is 0 Å². The van der Waals surface area contributed by atoms with Crippen molar-refractivity contribution >= 4 is 39.7 Å². The third kappa shape index (κ3) is 2.88. The first-order valence-corrected chi connectivity index (χ1v) is 6.78. The minimum absolute atomic E-state index is 0.0590. The van der Waals surface area contributed by atoms with E-state index in [-0.39, 0.29) is 5.69 Å². The standard InChI is InChI=1S/C14H10IN3O2/c1-17(12-5-2-10(9-16)3-6-12)13-7-4-11(15)8-14(13)18(19)20/h2-8H,1H3. The van der Waals surface area contributed by atoms with Crippen molar-refractivity contribution in [1.82, 2.24) is 0 Å². The topological polar surface area (TPSA) is 70.2 Å². The van der Waals surface area contributed by atoms with E-state index in [1.807, 2.05) is 34.7 Å². The van der Waals surface area contributed by atoms with Crippen molar-refractivity contribution in [3.05, 3.63) is 61.7 Å². The summed E-state index contributed by atoms with van der Waals surface area (Å²) in [4.78, 5) is 12.5. The molecule has 0 unspecified atom stereocenters. The highest BCUT2D eigenvalue weighted by Crippen LogP contribution is 2.33. The van der Waals surface area contributed by atoms with Crippen LogP contribution in [0.4, 0.5) is 17.1 Å². The van der Waals surface area contributed by atoms with E-state index in [0.717, 1.165) is 9.26 Å². The summed E-state index contributed by atoms with van der Waals surface area (Å²) in [5.74, 6) is 0. The maximum Gasteiger partial charge on any atom is 0.293 e. The van der Waals surface area contributed by atoms with Gasteiger partial charge in [-0.15, -0.1) is 0 Å². The number of nitro benzene ring substituents is 1. The molecule has 20 heavy (non-hydrogen) atoms. The van der Waals surface area contributed by atoms with Crippen LogP contribution in [0.2, 0.25) is 0 Å². The molecule has 100 valence electrons. The molecule has 2 aromatic carbocycles. The maximum absolute atomic E-state index is 11.1. The molecule has 0 radical (unpaired) electrons. The Bertz CT molecular complexity index is 693. The number of nitro groups is 1. The van der Waals surface area contributed by atoms with Crippen LogP contribution in [0, 0.1) is 25.0 Å². The summed E-state index contributed by atoms with van der Waals surface area (Å²) in [6, 6.07) is 14.0. The molecule has 6 heteroatoms. The lowest BCUT2D eigenvalue weighted by molar-refractivity contribution is -0.384. The van der Waals surface area contributed by atoms with Crippen LogP contribution in [-0.4, -0.2) is 12.0 Å². The van der Waals surface area contributed by atoms with Gasteiger partial charge >= 0.3 is 0 Å². The van der Waals surface area contributed by atoms with E-state index in [1.165, 1.54) is 6.07 Å². The van der Waals surface area contributed by atoms with Gasteiger partial charge in [0.2, 0.25) is 0 Å². The summed E-state index contributed by atoms with van der Waals surface area (Å²) in [6.07, 6.45) is 0.